The Morgan fingerprint density at radius 3 is 2.65 bits per heavy atom. The van der Waals surface area contributed by atoms with Crippen molar-refractivity contribution in [1.82, 2.24) is 9.78 Å². The number of nitrogens with one attached hydrogen (secondary N) is 1. The summed E-state index contributed by atoms with van der Waals surface area (Å²) in [6.45, 7) is 1.09. The van der Waals surface area contributed by atoms with Crippen LogP contribution in [-0.2, 0) is 11.3 Å². The molecule has 6 heteroatoms. The van der Waals surface area contributed by atoms with E-state index in [9.17, 15) is 4.79 Å². The van der Waals surface area contributed by atoms with Crippen molar-refractivity contribution in [1.29, 1.82) is 0 Å². The maximum Gasteiger partial charge on any atom is 0.225 e. The first-order chi connectivity index (χ1) is 12.7. The van der Waals surface area contributed by atoms with Crippen LogP contribution in [0.1, 0.15) is 18.4 Å². The highest BCUT2D eigenvalue weighted by Crippen LogP contribution is 2.19. The fourth-order valence-corrected chi connectivity index (χ4v) is 2.91. The minimum atomic E-state index is -0.0458. The minimum absolute atomic E-state index is 0.0458. The molecule has 3 aromatic rings. The number of aromatic nitrogens is 2. The number of benzene rings is 2. The fourth-order valence-electron chi connectivity index (χ4n) is 2.50. The fraction of sp³-hybridized carbons (Fsp3) is 0.200. The van der Waals surface area contributed by atoms with E-state index in [1.54, 1.807) is 16.9 Å². The third-order valence-electron chi connectivity index (χ3n) is 3.82. The summed E-state index contributed by atoms with van der Waals surface area (Å²) in [5.74, 6) is 1.46. The van der Waals surface area contributed by atoms with Gasteiger partial charge in [0.25, 0.3) is 0 Å². The maximum absolute atomic E-state index is 12.2. The van der Waals surface area contributed by atoms with Crippen molar-refractivity contribution in [2.75, 3.05) is 11.9 Å². The van der Waals surface area contributed by atoms with Crippen LogP contribution in [0.3, 0.4) is 0 Å². The quantitative estimate of drug-likeness (QED) is 0.553. The monoisotopic (exact) mass is 413 g/mol. The Labute approximate surface area is 161 Å². The van der Waals surface area contributed by atoms with Crippen LogP contribution in [0.15, 0.2) is 71.3 Å². The Balaban J connectivity index is 1.47. The van der Waals surface area contributed by atoms with Gasteiger partial charge in [-0.1, -0.05) is 52.3 Å². The molecule has 0 aliphatic carbocycles. The van der Waals surface area contributed by atoms with E-state index >= 15 is 0 Å². The van der Waals surface area contributed by atoms with Gasteiger partial charge in [0, 0.05) is 17.0 Å². The number of carbonyl (C=O) groups excluding carboxylic acids is 1. The molecule has 1 aromatic heterocycles. The standard InChI is InChI=1S/C20H20BrN3O2/c21-18-10-5-4-7-16(18)15-24-19(12-13-22-24)23-20(25)11-6-14-26-17-8-2-1-3-9-17/h1-5,7-10,12-13H,6,11,14-15H2,(H,23,25). The van der Waals surface area contributed by atoms with Crippen LogP contribution in [0.4, 0.5) is 5.82 Å². The summed E-state index contributed by atoms with van der Waals surface area (Å²) in [6.07, 6.45) is 2.73. The summed E-state index contributed by atoms with van der Waals surface area (Å²) < 4.78 is 8.40. The summed E-state index contributed by atoms with van der Waals surface area (Å²) in [7, 11) is 0. The Morgan fingerprint density at radius 1 is 1.08 bits per heavy atom. The van der Waals surface area contributed by atoms with Gasteiger partial charge in [0.2, 0.25) is 5.91 Å². The SMILES string of the molecule is O=C(CCCOc1ccccc1)Nc1ccnn1Cc1ccccc1Br. The van der Waals surface area contributed by atoms with Gasteiger partial charge < -0.3 is 10.1 Å². The van der Waals surface area contributed by atoms with Crippen LogP contribution in [0.2, 0.25) is 0 Å². The molecule has 1 N–H and O–H groups in total. The zero-order chi connectivity index (χ0) is 18.2. The maximum atomic E-state index is 12.2. The number of para-hydroxylation sites is 1. The number of hydrogen-bond donors (Lipinski definition) is 1. The van der Waals surface area contributed by atoms with Gasteiger partial charge in [0.15, 0.2) is 0 Å². The van der Waals surface area contributed by atoms with Gasteiger partial charge in [0.1, 0.15) is 11.6 Å². The van der Waals surface area contributed by atoms with E-state index in [1.807, 2.05) is 54.6 Å². The molecule has 1 heterocycles. The van der Waals surface area contributed by atoms with E-state index < -0.39 is 0 Å². The molecule has 26 heavy (non-hydrogen) atoms. The first-order valence-electron chi connectivity index (χ1n) is 8.45. The highest BCUT2D eigenvalue weighted by Gasteiger charge is 2.09. The van der Waals surface area contributed by atoms with Gasteiger partial charge in [-0.3, -0.25) is 4.79 Å². The van der Waals surface area contributed by atoms with Crippen LogP contribution in [0, 0.1) is 0 Å². The number of ether oxygens (including phenoxy) is 1. The van der Waals surface area contributed by atoms with Crippen molar-refractivity contribution in [3.05, 3.63) is 76.9 Å². The number of nitrogens with zero attached hydrogens (tertiary/aromatic N) is 2. The molecule has 0 radical (unpaired) electrons. The lowest BCUT2D eigenvalue weighted by molar-refractivity contribution is -0.116. The van der Waals surface area contributed by atoms with E-state index in [0.717, 1.165) is 15.8 Å². The van der Waals surface area contributed by atoms with E-state index in [1.165, 1.54) is 0 Å². The molecule has 0 spiro atoms. The molecule has 5 nitrogen and oxygen atoms in total. The van der Waals surface area contributed by atoms with Crippen LogP contribution >= 0.6 is 15.9 Å². The number of rotatable bonds is 8. The van der Waals surface area contributed by atoms with Crippen molar-refractivity contribution in [3.63, 3.8) is 0 Å². The van der Waals surface area contributed by atoms with E-state index in [2.05, 4.69) is 26.3 Å². The van der Waals surface area contributed by atoms with E-state index in [-0.39, 0.29) is 5.91 Å². The molecule has 1 amide bonds. The average Bonchev–Trinajstić information content (AvgIpc) is 3.08. The average molecular weight is 414 g/mol. The second kappa shape index (κ2) is 9.20. The van der Waals surface area contributed by atoms with Gasteiger partial charge in [-0.2, -0.15) is 5.10 Å². The van der Waals surface area contributed by atoms with Gasteiger partial charge in [-0.15, -0.1) is 0 Å². The number of halogens is 1. The van der Waals surface area contributed by atoms with Crippen molar-refractivity contribution in [2.24, 2.45) is 0 Å². The molecular weight excluding hydrogens is 394 g/mol. The van der Waals surface area contributed by atoms with Gasteiger partial charge in [0.05, 0.1) is 19.3 Å². The zero-order valence-corrected chi connectivity index (χ0v) is 15.9. The number of amides is 1. The molecule has 3 rings (SSSR count). The first kappa shape index (κ1) is 18.2. The second-order valence-corrected chi connectivity index (χ2v) is 6.63. The summed E-state index contributed by atoms with van der Waals surface area (Å²) >= 11 is 3.54. The smallest absolute Gasteiger partial charge is 0.225 e. The second-order valence-electron chi connectivity index (χ2n) is 5.78. The van der Waals surface area contributed by atoms with E-state index in [0.29, 0.717) is 31.8 Å². The lowest BCUT2D eigenvalue weighted by Crippen LogP contribution is -2.16. The predicted octanol–water partition coefficient (Wildman–Crippen LogP) is 4.49. The van der Waals surface area contributed by atoms with E-state index in [4.69, 9.17) is 4.74 Å². The van der Waals surface area contributed by atoms with Crippen LogP contribution in [0.5, 0.6) is 5.75 Å². The predicted molar refractivity (Wildman–Crippen MR) is 105 cm³/mol. The molecule has 0 fully saturated rings. The first-order valence-corrected chi connectivity index (χ1v) is 9.24. The Morgan fingerprint density at radius 2 is 1.85 bits per heavy atom. The van der Waals surface area contributed by atoms with Crippen molar-refractivity contribution < 1.29 is 9.53 Å². The largest absolute Gasteiger partial charge is 0.494 e. The molecule has 0 saturated carbocycles. The number of hydrogen-bond acceptors (Lipinski definition) is 3. The molecule has 0 atom stereocenters. The lowest BCUT2D eigenvalue weighted by Gasteiger charge is -2.10. The molecule has 134 valence electrons. The zero-order valence-electron chi connectivity index (χ0n) is 14.3. The normalized spacial score (nSPS) is 10.5. The molecule has 0 bridgehead atoms. The van der Waals surface area contributed by atoms with Crippen molar-refractivity contribution in [2.45, 2.75) is 19.4 Å². The summed E-state index contributed by atoms with van der Waals surface area (Å²) in [6, 6.07) is 19.4. The Hall–Kier alpha value is -2.60. The van der Waals surface area contributed by atoms with Crippen molar-refractivity contribution >= 4 is 27.7 Å². The number of anilines is 1. The molecule has 0 saturated heterocycles. The van der Waals surface area contributed by atoms with Gasteiger partial charge in [-0.05, 0) is 30.2 Å². The Bertz CT molecular complexity index is 849. The van der Waals surface area contributed by atoms with Gasteiger partial charge >= 0.3 is 0 Å². The van der Waals surface area contributed by atoms with Crippen molar-refractivity contribution in [3.8, 4) is 5.75 Å². The molecular formula is C20H20BrN3O2. The highest BCUT2D eigenvalue weighted by molar-refractivity contribution is 9.10. The Kier molecular flexibility index (Phi) is 6.44. The van der Waals surface area contributed by atoms with Crippen LogP contribution < -0.4 is 10.1 Å². The summed E-state index contributed by atoms with van der Waals surface area (Å²) in [4.78, 5) is 12.2. The molecule has 0 unspecified atom stereocenters. The molecule has 0 aliphatic heterocycles. The summed E-state index contributed by atoms with van der Waals surface area (Å²) in [5.41, 5.74) is 1.10. The lowest BCUT2D eigenvalue weighted by atomic mass is 10.2. The molecule has 2 aromatic carbocycles. The third-order valence-corrected chi connectivity index (χ3v) is 4.60. The third kappa shape index (κ3) is 5.20. The number of carbonyl (C=O) groups is 1. The minimum Gasteiger partial charge on any atom is -0.494 e. The summed E-state index contributed by atoms with van der Waals surface area (Å²) in [5, 5.41) is 7.22. The van der Waals surface area contributed by atoms with Crippen LogP contribution in [-0.4, -0.2) is 22.3 Å². The van der Waals surface area contributed by atoms with Crippen LogP contribution in [0.25, 0.3) is 0 Å². The molecule has 0 aliphatic rings. The topological polar surface area (TPSA) is 56.1 Å². The highest BCUT2D eigenvalue weighted by atomic mass is 79.9. The van der Waals surface area contributed by atoms with Gasteiger partial charge in [-0.25, -0.2) is 4.68 Å².